The van der Waals surface area contributed by atoms with Crippen molar-refractivity contribution in [2.24, 2.45) is 0 Å². The van der Waals surface area contributed by atoms with Crippen molar-refractivity contribution in [2.75, 3.05) is 40.4 Å². The molecular formula is C16H24N2O3. The average molecular weight is 292 g/mol. The molecule has 2 aliphatic rings. The lowest BCUT2D eigenvalue weighted by molar-refractivity contribution is 0.0352. The first kappa shape index (κ1) is 14.6. The van der Waals surface area contributed by atoms with Gasteiger partial charge in [0.1, 0.15) is 11.5 Å². The third kappa shape index (κ3) is 2.73. The number of hydrogen-bond donors (Lipinski definition) is 2. The molecular weight excluding hydrogens is 268 g/mol. The van der Waals surface area contributed by atoms with E-state index in [1.54, 1.807) is 14.2 Å². The van der Waals surface area contributed by atoms with E-state index in [0.717, 1.165) is 49.7 Å². The number of nitrogens with one attached hydrogen (secondary N) is 1. The lowest BCUT2D eigenvalue weighted by Gasteiger charge is -2.41. The van der Waals surface area contributed by atoms with Crippen LogP contribution in [0.15, 0.2) is 12.1 Å². The van der Waals surface area contributed by atoms with Gasteiger partial charge >= 0.3 is 0 Å². The standard InChI is InChI=1S/C16H24N2O3/c1-20-15-3-4-16(21-2)12-10-14(19)13(9-11(12)15)18-7-5-17-6-8-18/h3-4,13-14,17,19H,5-10H2,1-2H3/t13-,14-/m0/s1. The Kier molecular flexibility index (Phi) is 4.33. The summed E-state index contributed by atoms with van der Waals surface area (Å²) in [5.74, 6) is 1.75. The molecule has 116 valence electrons. The maximum Gasteiger partial charge on any atom is 0.122 e. The Hall–Kier alpha value is -1.30. The van der Waals surface area contributed by atoms with Crippen molar-refractivity contribution in [1.82, 2.24) is 10.2 Å². The number of aliphatic hydroxyl groups excluding tert-OH is 1. The normalized spacial score (nSPS) is 26.2. The van der Waals surface area contributed by atoms with Gasteiger partial charge in [-0.05, 0) is 18.6 Å². The number of benzene rings is 1. The number of nitrogens with zero attached hydrogens (tertiary/aromatic N) is 1. The molecule has 1 saturated heterocycles. The summed E-state index contributed by atoms with van der Waals surface area (Å²) < 4.78 is 11.0. The molecule has 1 aromatic carbocycles. The predicted octanol–water partition coefficient (Wildman–Crippen LogP) is 0.437. The molecule has 1 heterocycles. The minimum absolute atomic E-state index is 0.167. The summed E-state index contributed by atoms with van der Waals surface area (Å²) in [5, 5.41) is 14.0. The van der Waals surface area contributed by atoms with Gasteiger partial charge in [0.15, 0.2) is 0 Å². The van der Waals surface area contributed by atoms with Crippen LogP contribution >= 0.6 is 0 Å². The van der Waals surface area contributed by atoms with E-state index in [4.69, 9.17) is 9.47 Å². The smallest absolute Gasteiger partial charge is 0.122 e. The Morgan fingerprint density at radius 3 is 2.19 bits per heavy atom. The summed E-state index contributed by atoms with van der Waals surface area (Å²) in [5.41, 5.74) is 2.28. The molecule has 1 aliphatic carbocycles. The third-order valence-electron chi connectivity index (χ3n) is 4.68. The van der Waals surface area contributed by atoms with Crippen molar-refractivity contribution in [2.45, 2.75) is 25.0 Å². The van der Waals surface area contributed by atoms with Crippen LogP contribution in [0.5, 0.6) is 11.5 Å². The lowest BCUT2D eigenvalue weighted by Crippen LogP contribution is -2.55. The van der Waals surface area contributed by atoms with Crippen LogP contribution in [0.3, 0.4) is 0 Å². The highest BCUT2D eigenvalue weighted by molar-refractivity contribution is 5.51. The van der Waals surface area contributed by atoms with E-state index in [9.17, 15) is 5.11 Å². The minimum Gasteiger partial charge on any atom is -0.496 e. The van der Waals surface area contributed by atoms with Crippen LogP contribution in [-0.2, 0) is 12.8 Å². The first-order chi connectivity index (χ1) is 10.2. The highest BCUT2D eigenvalue weighted by atomic mass is 16.5. The van der Waals surface area contributed by atoms with Crippen LogP contribution in [0.2, 0.25) is 0 Å². The number of fused-ring (bicyclic) bond motifs is 1. The topological polar surface area (TPSA) is 54.0 Å². The van der Waals surface area contributed by atoms with Gasteiger partial charge in [-0.1, -0.05) is 0 Å². The van der Waals surface area contributed by atoms with Crippen molar-refractivity contribution in [1.29, 1.82) is 0 Å². The van der Waals surface area contributed by atoms with Gasteiger partial charge in [0.05, 0.1) is 20.3 Å². The molecule has 0 saturated carbocycles. The number of hydrogen-bond acceptors (Lipinski definition) is 5. The predicted molar refractivity (Wildman–Crippen MR) is 81.2 cm³/mol. The Labute approximate surface area is 125 Å². The van der Waals surface area contributed by atoms with E-state index in [2.05, 4.69) is 10.2 Å². The Balaban J connectivity index is 1.91. The summed E-state index contributed by atoms with van der Waals surface area (Å²) >= 11 is 0. The van der Waals surface area contributed by atoms with Gasteiger partial charge in [-0.15, -0.1) is 0 Å². The number of piperazine rings is 1. The molecule has 5 heteroatoms. The maximum absolute atomic E-state index is 10.6. The summed E-state index contributed by atoms with van der Waals surface area (Å²) in [7, 11) is 3.38. The van der Waals surface area contributed by atoms with Gasteiger partial charge in [-0.2, -0.15) is 0 Å². The van der Waals surface area contributed by atoms with E-state index < -0.39 is 0 Å². The van der Waals surface area contributed by atoms with Crippen molar-refractivity contribution in [3.8, 4) is 11.5 Å². The van der Waals surface area contributed by atoms with Gasteiger partial charge in [0.25, 0.3) is 0 Å². The van der Waals surface area contributed by atoms with Crippen molar-refractivity contribution in [3.05, 3.63) is 23.3 Å². The van der Waals surface area contributed by atoms with Crippen LogP contribution in [0, 0.1) is 0 Å². The van der Waals surface area contributed by atoms with Crippen LogP contribution in [0.1, 0.15) is 11.1 Å². The molecule has 0 amide bonds. The molecule has 1 aliphatic heterocycles. The molecule has 0 unspecified atom stereocenters. The Bertz CT molecular complexity index is 501. The van der Waals surface area contributed by atoms with Crippen LogP contribution < -0.4 is 14.8 Å². The van der Waals surface area contributed by atoms with Crippen LogP contribution in [-0.4, -0.2) is 62.6 Å². The zero-order chi connectivity index (χ0) is 14.8. The van der Waals surface area contributed by atoms with E-state index in [-0.39, 0.29) is 12.1 Å². The van der Waals surface area contributed by atoms with Gasteiger partial charge in [-0.25, -0.2) is 0 Å². The fourth-order valence-corrected chi connectivity index (χ4v) is 3.56. The van der Waals surface area contributed by atoms with Gasteiger partial charge in [0.2, 0.25) is 0 Å². The third-order valence-corrected chi connectivity index (χ3v) is 4.68. The second-order valence-electron chi connectivity index (χ2n) is 5.76. The first-order valence-corrected chi connectivity index (χ1v) is 7.60. The molecule has 1 fully saturated rings. The monoisotopic (exact) mass is 292 g/mol. The van der Waals surface area contributed by atoms with Crippen LogP contribution in [0.4, 0.5) is 0 Å². The first-order valence-electron chi connectivity index (χ1n) is 7.60. The summed E-state index contributed by atoms with van der Waals surface area (Å²) in [6, 6.07) is 4.06. The zero-order valence-electron chi connectivity index (χ0n) is 12.8. The zero-order valence-corrected chi connectivity index (χ0v) is 12.8. The maximum atomic E-state index is 10.6. The molecule has 5 nitrogen and oxygen atoms in total. The largest absolute Gasteiger partial charge is 0.496 e. The molecule has 21 heavy (non-hydrogen) atoms. The van der Waals surface area contributed by atoms with Crippen LogP contribution in [0.25, 0.3) is 0 Å². The molecule has 1 aromatic rings. The highest BCUT2D eigenvalue weighted by Crippen LogP contribution is 2.37. The van der Waals surface area contributed by atoms with E-state index in [1.807, 2.05) is 12.1 Å². The lowest BCUT2D eigenvalue weighted by atomic mass is 9.84. The second-order valence-corrected chi connectivity index (χ2v) is 5.76. The van der Waals surface area contributed by atoms with Gasteiger partial charge in [-0.3, -0.25) is 4.90 Å². The molecule has 0 aromatic heterocycles. The molecule has 0 radical (unpaired) electrons. The SMILES string of the molecule is COc1ccc(OC)c2c1C[C@H](O)[C@@H](N1CCNCC1)C2. The number of methoxy groups -OCH3 is 2. The van der Waals surface area contributed by atoms with E-state index in [1.165, 1.54) is 5.56 Å². The molecule has 0 bridgehead atoms. The number of rotatable bonds is 3. The molecule has 2 atom stereocenters. The van der Waals surface area contributed by atoms with E-state index in [0.29, 0.717) is 6.42 Å². The van der Waals surface area contributed by atoms with Gasteiger partial charge in [0, 0.05) is 49.8 Å². The summed E-state index contributed by atoms with van der Waals surface area (Å²) in [6.45, 7) is 3.96. The fourth-order valence-electron chi connectivity index (χ4n) is 3.56. The number of aliphatic hydroxyl groups is 1. The molecule has 2 N–H and O–H groups in total. The summed E-state index contributed by atoms with van der Waals surface area (Å²) in [4.78, 5) is 2.39. The quantitative estimate of drug-likeness (QED) is 0.846. The highest BCUT2D eigenvalue weighted by Gasteiger charge is 2.35. The second kappa shape index (κ2) is 6.22. The molecule has 3 rings (SSSR count). The van der Waals surface area contributed by atoms with Crippen molar-refractivity contribution >= 4 is 0 Å². The molecule has 0 spiro atoms. The van der Waals surface area contributed by atoms with Crippen molar-refractivity contribution < 1.29 is 14.6 Å². The number of ether oxygens (including phenoxy) is 2. The fraction of sp³-hybridized carbons (Fsp3) is 0.625. The summed E-state index contributed by atoms with van der Waals surface area (Å²) in [6.07, 6.45) is 1.10. The Morgan fingerprint density at radius 2 is 1.62 bits per heavy atom. The Morgan fingerprint density at radius 1 is 1.05 bits per heavy atom. The van der Waals surface area contributed by atoms with Crippen molar-refractivity contribution in [3.63, 3.8) is 0 Å². The van der Waals surface area contributed by atoms with Gasteiger partial charge < -0.3 is 19.9 Å². The average Bonchev–Trinajstić information content (AvgIpc) is 2.54. The minimum atomic E-state index is -0.350. The van der Waals surface area contributed by atoms with E-state index >= 15 is 0 Å².